The fourth-order valence-electron chi connectivity index (χ4n) is 2.87. The Bertz CT molecular complexity index is 1160. The van der Waals surface area contributed by atoms with Gasteiger partial charge in [0.25, 0.3) is 5.91 Å². The average molecular weight is 473 g/mol. The van der Waals surface area contributed by atoms with Crippen molar-refractivity contribution in [1.29, 1.82) is 0 Å². The molecule has 3 aromatic carbocycles. The summed E-state index contributed by atoms with van der Waals surface area (Å²) in [6.45, 7) is 2.90. The van der Waals surface area contributed by atoms with Crippen LogP contribution in [0.15, 0.2) is 72.8 Å². The summed E-state index contributed by atoms with van der Waals surface area (Å²) < 4.78 is 49.3. The van der Waals surface area contributed by atoms with Crippen LogP contribution in [0.2, 0.25) is 0 Å². The molecule has 3 rings (SSSR count). The number of ether oxygens (including phenoxy) is 2. The molecule has 1 amide bonds. The Kier molecular flexibility index (Phi) is 7.14. The normalized spacial score (nSPS) is 11.6. The first-order valence-corrected chi connectivity index (χ1v) is 10.2. The van der Waals surface area contributed by atoms with Crippen LogP contribution in [0.3, 0.4) is 0 Å². The van der Waals surface area contributed by atoms with E-state index in [9.17, 15) is 22.8 Å². The Morgan fingerprint density at radius 1 is 0.882 bits per heavy atom. The summed E-state index contributed by atoms with van der Waals surface area (Å²) in [6.07, 6.45) is -4.42. The molecule has 34 heavy (non-hydrogen) atoms. The summed E-state index contributed by atoms with van der Waals surface area (Å²) >= 11 is 0. The molecule has 3 aromatic rings. The molecule has 0 saturated heterocycles. The molecule has 0 atom stereocenters. The van der Waals surface area contributed by atoms with Gasteiger partial charge in [-0.2, -0.15) is 13.2 Å². The first-order chi connectivity index (χ1) is 16.0. The molecule has 0 aliphatic carbocycles. The van der Waals surface area contributed by atoms with Crippen LogP contribution >= 0.6 is 0 Å². The number of halogens is 3. The lowest BCUT2D eigenvalue weighted by atomic mass is 10.1. The van der Waals surface area contributed by atoms with E-state index >= 15 is 0 Å². The van der Waals surface area contributed by atoms with E-state index in [2.05, 4.69) is 5.32 Å². The van der Waals surface area contributed by atoms with Crippen molar-refractivity contribution in [2.24, 2.45) is 0 Å². The van der Waals surface area contributed by atoms with Gasteiger partial charge in [-0.1, -0.05) is 24.3 Å². The molecule has 178 valence electrons. The summed E-state index contributed by atoms with van der Waals surface area (Å²) in [7, 11) is 0. The number of para-hydroxylation sites is 1. The second-order valence-electron chi connectivity index (χ2n) is 7.86. The highest BCUT2D eigenvalue weighted by molar-refractivity contribution is 5.97. The quantitative estimate of drug-likeness (QED) is 0.440. The standard InChI is InChI=1S/C25H22F3NO5/c1-24(2,23(31)32)34-19-13-11-18(12-14-19)33-21-6-4-3-5-20(21)22(30)29-15-16-7-9-17(10-8-16)25(26,27)28/h3-14H,15H2,1-2H3,(H,29,30)(H,31,32). The molecule has 0 spiro atoms. The summed E-state index contributed by atoms with van der Waals surface area (Å²) in [5, 5.41) is 11.8. The van der Waals surface area contributed by atoms with Gasteiger partial charge in [0.15, 0.2) is 5.60 Å². The van der Waals surface area contributed by atoms with E-state index in [1.54, 1.807) is 48.5 Å². The van der Waals surface area contributed by atoms with E-state index in [1.807, 2.05) is 0 Å². The molecular formula is C25H22F3NO5. The highest BCUT2D eigenvalue weighted by Crippen LogP contribution is 2.30. The van der Waals surface area contributed by atoms with E-state index in [0.29, 0.717) is 17.1 Å². The van der Waals surface area contributed by atoms with Crippen LogP contribution in [0.5, 0.6) is 17.2 Å². The number of carboxylic acid groups (broad SMARTS) is 1. The maximum atomic E-state index is 12.7. The Morgan fingerprint density at radius 2 is 1.47 bits per heavy atom. The number of carbonyl (C=O) groups excluding carboxylic acids is 1. The van der Waals surface area contributed by atoms with Crippen molar-refractivity contribution in [3.8, 4) is 17.2 Å². The fraction of sp³-hybridized carbons (Fsp3) is 0.200. The summed E-state index contributed by atoms with van der Waals surface area (Å²) in [5.41, 5.74) is -1.41. The van der Waals surface area contributed by atoms with Gasteiger partial charge in [0.1, 0.15) is 17.2 Å². The molecular weight excluding hydrogens is 451 g/mol. The first kappa shape index (κ1) is 24.6. The van der Waals surface area contributed by atoms with Crippen LogP contribution in [0.25, 0.3) is 0 Å². The zero-order valence-corrected chi connectivity index (χ0v) is 18.3. The molecule has 9 heteroatoms. The van der Waals surface area contributed by atoms with Crippen molar-refractivity contribution in [2.45, 2.75) is 32.2 Å². The number of hydrogen-bond donors (Lipinski definition) is 2. The van der Waals surface area contributed by atoms with Crippen LogP contribution in [-0.4, -0.2) is 22.6 Å². The third-order valence-electron chi connectivity index (χ3n) is 4.81. The topological polar surface area (TPSA) is 84.9 Å². The molecule has 0 saturated carbocycles. The number of amides is 1. The van der Waals surface area contributed by atoms with Gasteiger partial charge in [0.2, 0.25) is 0 Å². The van der Waals surface area contributed by atoms with Crippen LogP contribution in [0, 0.1) is 0 Å². The minimum Gasteiger partial charge on any atom is -0.478 e. The van der Waals surface area contributed by atoms with Gasteiger partial charge >= 0.3 is 12.1 Å². The average Bonchev–Trinajstić information content (AvgIpc) is 2.78. The van der Waals surface area contributed by atoms with Crippen LogP contribution in [-0.2, 0) is 17.5 Å². The predicted octanol–water partition coefficient (Wildman–Crippen LogP) is 5.67. The van der Waals surface area contributed by atoms with Crippen molar-refractivity contribution in [1.82, 2.24) is 5.32 Å². The molecule has 0 unspecified atom stereocenters. The van der Waals surface area contributed by atoms with Gasteiger partial charge in [0.05, 0.1) is 11.1 Å². The first-order valence-electron chi connectivity index (χ1n) is 10.2. The second kappa shape index (κ2) is 9.86. The Balaban J connectivity index is 1.66. The van der Waals surface area contributed by atoms with E-state index in [0.717, 1.165) is 12.1 Å². The number of nitrogens with one attached hydrogen (secondary N) is 1. The lowest BCUT2D eigenvalue weighted by molar-refractivity contribution is -0.152. The molecule has 6 nitrogen and oxygen atoms in total. The van der Waals surface area contributed by atoms with Crippen molar-refractivity contribution in [3.63, 3.8) is 0 Å². The number of benzene rings is 3. The maximum Gasteiger partial charge on any atom is 0.416 e. The van der Waals surface area contributed by atoms with Crippen molar-refractivity contribution in [3.05, 3.63) is 89.5 Å². The molecule has 0 heterocycles. The Hall–Kier alpha value is -4.01. The Morgan fingerprint density at radius 3 is 2.06 bits per heavy atom. The zero-order valence-electron chi connectivity index (χ0n) is 18.3. The smallest absolute Gasteiger partial charge is 0.416 e. The van der Waals surface area contributed by atoms with Gasteiger partial charge in [-0.3, -0.25) is 4.79 Å². The highest BCUT2D eigenvalue weighted by atomic mass is 19.4. The molecule has 0 radical (unpaired) electrons. The van der Waals surface area contributed by atoms with Crippen molar-refractivity contribution >= 4 is 11.9 Å². The second-order valence-corrected chi connectivity index (χ2v) is 7.86. The molecule has 2 N–H and O–H groups in total. The van der Waals surface area contributed by atoms with E-state index in [1.165, 1.54) is 26.0 Å². The monoisotopic (exact) mass is 473 g/mol. The highest BCUT2D eigenvalue weighted by Gasteiger charge is 2.30. The van der Waals surface area contributed by atoms with E-state index in [-0.39, 0.29) is 17.9 Å². The maximum absolute atomic E-state index is 12.7. The van der Waals surface area contributed by atoms with Gasteiger partial charge in [0, 0.05) is 6.54 Å². The minimum atomic E-state index is -4.42. The fourth-order valence-corrected chi connectivity index (χ4v) is 2.87. The number of carboxylic acids is 1. The zero-order chi connectivity index (χ0) is 24.9. The third kappa shape index (κ3) is 6.28. The van der Waals surface area contributed by atoms with Crippen LogP contribution in [0.1, 0.15) is 35.3 Å². The molecule has 0 fully saturated rings. The third-order valence-corrected chi connectivity index (χ3v) is 4.81. The summed E-state index contributed by atoms with van der Waals surface area (Å²) in [6, 6.07) is 17.3. The van der Waals surface area contributed by atoms with E-state index in [4.69, 9.17) is 14.6 Å². The molecule has 0 aliphatic rings. The lowest BCUT2D eigenvalue weighted by Crippen LogP contribution is -2.37. The molecule has 0 aliphatic heterocycles. The molecule has 0 aromatic heterocycles. The number of rotatable bonds is 8. The van der Waals surface area contributed by atoms with Gasteiger partial charge in [-0.15, -0.1) is 0 Å². The minimum absolute atomic E-state index is 0.0384. The van der Waals surface area contributed by atoms with E-state index < -0.39 is 29.2 Å². The van der Waals surface area contributed by atoms with Gasteiger partial charge in [-0.25, -0.2) is 4.79 Å². The van der Waals surface area contributed by atoms with Gasteiger partial charge < -0.3 is 19.9 Å². The summed E-state index contributed by atoms with van der Waals surface area (Å²) in [4.78, 5) is 23.9. The molecule has 0 bridgehead atoms. The predicted molar refractivity (Wildman–Crippen MR) is 118 cm³/mol. The van der Waals surface area contributed by atoms with Gasteiger partial charge in [-0.05, 0) is 67.9 Å². The SMILES string of the molecule is CC(C)(Oc1ccc(Oc2ccccc2C(=O)NCc2ccc(C(F)(F)F)cc2)cc1)C(=O)O. The van der Waals surface area contributed by atoms with Crippen molar-refractivity contribution < 1.29 is 37.3 Å². The number of alkyl halides is 3. The van der Waals surface area contributed by atoms with Crippen LogP contribution in [0.4, 0.5) is 13.2 Å². The van der Waals surface area contributed by atoms with Crippen molar-refractivity contribution in [2.75, 3.05) is 0 Å². The number of hydrogen-bond acceptors (Lipinski definition) is 4. The Labute approximate surface area is 193 Å². The number of carbonyl (C=O) groups is 2. The van der Waals surface area contributed by atoms with Crippen LogP contribution < -0.4 is 14.8 Å². The number of aliphatic carboxylic acids is 1. The summed E-state index contributed by atoms with van der Waals surface area (Å²) in [5.74, 6) is -0.569. The lowest BCUT2D eigenvalue weighted by Gasteiger charge is -2.21. The largest absolute Gasteiger partial charge is 0.478 e.